The number of carbonyl (C=O) groups excluding carboxylic acids is 1. The van der Waals surface area contributed by atoms with Crippen LogP contribution >= 0.6 is 0 Å². The van der Waals surface area contributed by atoms with E-state index >= 15 is 0 Å². The summed E-state index contributed by atoms with van der Waals surface area (Å²) in [5.74, 6) is -2.57. The van der Waals surface area contributed by atoms with Crippen molar-refractivity contribution in [3.63, 3.8) is 0 Å². The molecule has 1 saturated carbocycles. The Kier molecular flexibility index (Phi) is 4.67. The molecule has 1 aliphatic heterocycles. The Balaban J connectivity index is 1.49. The van der Waals surface area contributed by atoms with Gasteiger partial charge < -0.3 is 15.3 Å². The van der Waals surface area contributed by atoms with Crippen LogP contribution in [0.25, 0.3) is 0 Å². The summed E-state index contributed by atoms with van der Waals surface area (Å²) in [7, 11) is 0. The molecule has 2 aliphatic rings. The lowest BCUT2D eigenvalue weighted by molar-refractivity contribution is -0.130. The van der Waals surface area contributed by atoms with Crippen LogP contribution in [-0.4, -0.2) is 52.1 Å². The van der Waals surface area contributed by atoms with Crippen molar-refractivity contribution in [2.75, 3.05) is 24.5 Å². The van der Waals surface area contributed by atoms with Crippen molar-refractivity contribution in [1.29, 1.82) is 0 Å². The van der Waals surface area contributed by atoms with Gasteiger partial charge in [0, 0.05) is 50.8 Å². The second-order valence-electron chi connectivity index (χ2n) is 6.81. The predicted octanol–water partition coefficient (Wildman–Crippen LogP) is 1.36. The third-order valence-corrected chi connectivity index (χ3v) is 4.89. The smallest absolute Gasteiger partial charge is 0.248 e. The van der Waals surface area contributed by atoms with E-state index in [0.717, 1.165) is 0 Å². The third-order valence-electron chi connectivity index (χ3n) is 4.89. The van der Waals surface area contributed by atoms with Gasteiger partial charge in [0.1, 0.15) is 11.4 Å². The minimum atomic E-state index is -2.64. The molecule has 8 heteroatoms. The van der Waals surface area contributed by atoms with Crippen LogP contribution < -0.4 is 10.2 Å². The quantitative estimate of drug-likeness (QED) is 0.865. The fourth-order valence-corrected chi connectivity index (χ4v) is 3.35. The van der Waals surface area contributed by atoms with Crippen LogP contribution in [0.15, 0.2) is 18.6 Å². The summed E-state index contributed by atoms with van der Waals surface area (Å²) in [5, 5.41) is 13.4. The molecule has 0 unspecified atom stereocenters. The van der Waals surface area contributed by atoms with E-state index in [0.29, 0.717) is 25.3 Å². The molecule has 0 spiro atoms. The largest absolute Gasteiger partial charge is 0.386 e. The maximum Gasteiger partial charge on any atom is 0.248 e. The van der Waals surface area contributed by atoms with E-state index in [-0.39, 0.29) is 44.1 Å². The highest BCUT2D eigenvalue weighted by Gasteiger charge is 2.40. The fraction of sp³-hybridized carbons (Fsp3) is 0.688. The zero-order valence-electron chi connectivity index (χ0n) is 13.4. The number of rotatable bonds is 4. The molecule has 24 heavy (non-hydrogen) atoms. The van der Waals surface area contributed by atoms with E-state index in [2.05, 4.69) is 15.3 Å². The van der Waals surface area contributed by atoms with Gasteiger partial charge in [0.2, 0.25) is 11.8 Å². The van der Waals surface area contributed by atoms with Crippen LogP contribution in [0.5, 0.6) is 0 Å². The highest BCUT2D eigenvalue weighted by atomic mass is 19.3. The number of alkyl halides is 2. The van der Waals surface area contributed by atoms with Crippen molar-refractivity contribution in [2.45, 2.75) is 43.6 Å². The van der Waals surface area contributed by atoms with E-state index in [9.17, 15) is 18.7 Å². The average Bonchev–Trinajstić information content (AvgIpc) is 2.96. The number of nitrogens with zero attached hydrogens (tertiary/aromatic N) is 3. The molecule has 1 atom stereocenters. The molecule has 2 N–H and O–H groups in total. The summed E-state index contributed by atoms with van der Waals surface area (Å²) in [6.07, 6.45) is 5.23. The van der Waals surface area contributed by atoms with Gasteiger partial charge in [0.05, 0.1) is 6.20 Å². The monoisotopic (exact) mass is 340 g/mol. The van der Waals surface area contributed by atoms with Crippen molar-refractivity contribution >= 4 is 11.7 Å². The number of hydrogen-bond acceptors (Lipinski definition) is 5. The first-order chi connectivity index (χ1) is 11.4. The molecular formula is C16H22F2N4O2. The summed E-state index contributed by atoms with van der Waals surface area (Å²) in [5.41, 5.74) is -1.04. The van der Waals surface area contributed by atoms with Crippen molar-refractivity contribution in [3.05, 3.63) is 18.6 Å². The molecule has 0 radical (unpaired) electrons. The van der Waals surface area contributed by atoms with Crippen LogP contribution in [-0.2, 0) is 4.79 Å². The Morgan fingerprint density at radius 2 is 2.08 bits per heavy atom. The van der Waals surface area contributed by atoms with Crippen LogP contribution in [0.4, 0.5) is 14.6 Å². The van der Waals surface area contributed by atoms with Crippen LogP contribution in [0.3, 0.4) is 0 Å². The third kappa shape index (κ3) is 3.98. The molecule has 2 heterocycles. The maximum atomic E-state index is 13.1. The number of carbonyl (C=O) groups is 1. The standard InChI is InChI=1S/C16H22F2N4O2/c17-16(18)3-1-12(2-4-16)14(23)21-10-15(24)5-8-22(11-15)13-9-19-6-7-20-13/h6-7,9,12,24H,1-5,8,10-11H2,(H,21,23)/t15-/m1/s1. The lowest BCUT2D eigenvalue weighted by atomic mass is 9.86. The minimum absolute atomic E-state index is 0.121. The van der Waals surface area contributed by atoms with Gasteiger partial charge in [0.15, 0.2) is 0 Å². The highest BCUT2D eigenvalue weighted by Crippen LogP contribution is 2.36. The number of amides is 1. The number of halogens is 2. The fourth-order valence-electron chi connectivity index (χ4n) is 3.35. The van der Waals surface area contributed by atoms with E-state index in [1.807, 2.05) is 4.90 Å². The Morgan fingerprint density at radius 3 is 2.75 bits per heavy atom. The molecule has 132 valence electrons. The first kappa shape index (κ1) is 17.0. The first-order valence-electron chi connectivity index (χ1n) is 8.26. The topological polar surface area (TPSA) is 78.4 Å². The molecule has 1 saturated heterocycles. The number of aromatic nitrogens is 2. The van der Waals surface area contributed by atoms with Gasteiger partial charge in [-0.15, -0.1) is 0 Å². The number of nitrogens with one attached hydrogen (secondary N) is 1. The van der Waals surface area contributed by atoms with Gasteiger partial charge in [-0.25, -0.2) is 13.8 Å². The van der Waals surface area contributed by atoms with Gasteiger partial charge >= 0.3 is 0 Å². The van der Waals surface area contributed by atoms with E-state index in [4.69, 9.17) is 0 Å². The zero-order valence-corrected chi connectivity index (χ0v) is 13.4. The molecule has 1 amide bonds. The van der Waals surface area contributed by atoms with Gasteiger partial charge in [0.25, 0.3) is 0 Å². The summed E-state index contributed by atoms with van der Waals surface area (Å²) in [6.45, 7) is 1.10. The zero-order chi connectivity index (χ0) is 17.2. The van der Waals surface area contributed by atoms with Crippen LogP contribution in [0.2, 0.25) is 0 Å². The molecule has 6 nitrogen and oxygen atoms in total. The molecule has 1 aliphatic carbocycles. The van der Waals surface area contributed by atoms with E-state index < -0.39 is 11.5 Å². The SMILES string of the molecule is O=C(NC[C@]1(O)CCN(c2cnccn2)C1)C1CCC(F)(F)CC1. The lowest BCUT2D eigenvalue weighted by Gasteiger charge is -2.29. The van der Waals surface area contributed by atoms with Crippen molar-refractivity contribution in [3.8, 4) is 0 Å². The van der Waals surface area contributed by atoms with Gasteiger partial charge in [-0.2, -0.15) is 0 Å². The number of β-amino-alcohol motifs (C(OH)–C–C–N with tert-alkyl or cyclic N) is 1. The number of aliphatic hydroxyl groups is 1. The van der Waals surface area contributed by atoms with Crippen LogP contribution in [0.1, 0.15) is 32.1 Å². The number of anilines is 1. The Labute approximate surface area is 139 Å². The Bertz CT molecular complexity index is 577. The van der Waals surface area contributed by atoms with E-state index in [1.165, 1.54) is 0 Å². The first-order valence-corrected chi connectivity index (χ1v) is 8.26. The maximum absolute atomic E-state index is 13.1. The summed E-state index contributed by atoms with van der Waals surface area (Å²) in [6, 6.07) is 0. The summed E-state index contributed by atoms with van der Waals surface area (Å²) < 4.78 is 26.3. The van der Waals surface area contributed by atoms with Crippen molar-refractivity contribution in [1.82, 2.24) is 15.3 Å². The minimum Gasteiger partial charge on any atom is -0.386 e. The lowest BCUT2D eigenvalue weighted by Crippen LogP contribution is -2.47. The highest BCUT2D eigenvalue weighted by molar-refractivity contribution is 5.78. The molecule has 2 fully saturated rings. The Hall–Kier alpha value is -1.83. The van der Waals surface area contributed by atoms with E-state index in [1.54, 1.807) is 18.6 Å². The summed E-state index contributed by atoms with van der Waals surface area (Å²) in [4.78, 5) is 22.3. The summed E-state index contributed by atoms with van der Waals surface area (Å²) >= 11 is 0. The van der Waals surface area contributed by atoms with Gasteiger partial charge in [-0.05, 0) is 19.3 Å². The number of hydrogen-bond donors (Lipinski definition) is 2. The molecule has 3 rings (SSSR count). The second-order valence-corrected chi connectivity index (χ2v) is 6.81. The Morgan fingerprint density at radius 1 is 1.33 bits per heavy atom. The van der Waals surface area contributed by atoms with Crippen molar-refractivity contribution in [2.24, 2.45) is 5.92 Å². The molecule has 1 aromatic heterocycles. The van der Waals surface area contributed by atoms with Gasteiger partial charge in [-0.3, -0.25) is 9.78 Å². The molecule has 0 bridgehead atoms. The molecule has 1 aromatic rings. The normalized spacial score (nSPS) is 27.2. The van der Waals surface area contributed by atoms with Crippen molar-refractivity contribution < 1.29 is 18.7 Å². The molecule has 0 aromatic carbocycles. The van der Waals surface area contributed by atoms with Crippen LogP contribution in [0, 0.1) is 5.92 Å². The average molecular weight is 340 g/mol. The van der Waals surface area contributed by atoms with Gasteiger partial charge in [-0.1, -0.05) is 0 Å². The second kappa shape index (κ2) is 6.58. The predicted molar refractivity (Wildman–Crippen MR) is 83.7 cm³/mol. The molecular weight excluding hydrogens is 318 g/mol.